The Morgan fingerprint density at radius 1 is 1.28 bits per heavy atom. The molecule has 0 spiro atoms. The Kier molecular flexibility index (Phi) is 3.50. The van der Waals surface area contributed by atoms with Crippen molar-refractivity contribution in [3.63, 3.8) is 0 Å². The molecule has 0 saturated heterocycles. The first-order valence-corrected chi connectivity index (χ1v) is 6.44. The van der Waals surface area contributed by atoms with Crippen molar-refractivity contribution in [2.24, 2.45) is 0 Å². The first kappa shape index (κ1) is 12.8. The lowest BCUT2D eigenvalue weighted by molar-refractivity contribution is -0.119. The van der Waals surface area contributed by atoms with Gasteiger partial charge in [0, 0.05) is 12.1 Å². The van der Waals surface area contributed by atoms with Gasteiger partial charge in [-0.1, -0.05) is 12.1 Å². The average molecular weight is 245 g/mol. The fourth-order valence-corrected chi connectivity index (χ4v) is 2.33. The molecule has 1 aliphatic heterocycles. The number of fused-ring (bicyclic) bond motifs is 1. The first-order chi connectivity index (χ1) is 8.55. The van der Waals surface area contributed by atoms with Crippen molar-refractivity contribution in [1.82, 2.24) is 0 Å². The van der Waals surface area contributed by atoms with Crippen molar-refractivity contribution >= 4 is 17.9 Å². The summed E-state index contributed by atoms with van der Waals surface area (Å²) in [6, 6.07) is 6.16. The molecule has 0 bridgehead atoms. The summed E-state index contributed by atoms with van der Waals surface area (Å²) in [7, 11) is 0. The molecule has 1 heterocycles. The fourth-order valence-electron chi connectivity index (χ4n) is 2.33. The second-order valence-corrected chi connectivity index (χ2v) is 5.37. The predicted octanol–water partition coefficient (Wildman–Crippen LogP) is 2.83. The van der Waals surface area contributed by atoms with Crippen LogP contribution in [0.5, 0.6) is 0 Å². The van der Waals surface area contributed by atoms with Gasteiger partial charge >= 0.3 is 0 Å². The largest absolute Gasteiger partial charge is 0.325 e. The van der Waals surface area contributed by atoms with Crippen LogP contribution < -0.4 is 5.32 Å². The van der Waals surface area contributed by atoms with E-state index in [0.29, 0.717) is 6.42 Å². The highest BCUT2D eigenvalue weighted by Gasteiger charge is 2.38. The van der Waals surface area contributed by atoms with E-state index in [1.807, 2.05) is 19.9 Å². The predicted molar refractivity (Wildman–Crippen MR) is 71.7 cm³/mol. The van der Waals surface area contributed by atoms with Crippen LogP contribution in [-0.2, 0) is 21.4 Å². The highest BCUT2D eigenvalue weighted by Crippen LogP contribution is 2.37. The number of hydrogen-bond acceptors (Lipinski definition) is 2. The smallest absolute Gasteiger partial charge is 0.234 e. The van der Waals surface area contributed by atoms with E-state index >= 15 is 0 Å². The molecule has 0 fully saturated rings. The molecule has 1 N–H and O–H groups in total. The molecule has 3 nitrogen and oxygen atoms in total. The summed E-state index contributed by atoms with van der Waals surface area (Å²) in [5.74, 6) is 0.0654. The fraction of sp³-hybridized carbons (Fsp3) is 0.467. The minimum atomic E-state index is -0.436. The van der Waals surface area contributed by atoms with Gasteiger partial charge in [-0.25, -0.2) is 0 Å². The van der Waals surface area contributed by atoms with Gasteiger partial charge in [-0.15, -0.1) is 0 Å². The number of aldehydes is 1. The summed E-state index contributed by atoms with van der Waals surface area (Å²) >= 11 is 0. The summed E-state index contributed by atoms with van der Waals surface area (Å²) < 4.78 is 0. The van der Waals surface area contributed by atoms with Gasteiger partial charge < -0.3 is 10.1 Å². The van der Waals surface area contributed by atoms with Crippen molar-refractivity contribution in [1.29, 1.82) is 0 Å². The summed E-state index contributed by atoms with van der Waals surface area (Å²) in [5, 5.41) is 2.91. The second-order valence-electron chi connectivity index (χ2n) is 5.37. The monoisotopic (exact) mass is 245 g/mol. The molecule has 0 atom stereocenters. The molecule has 0 radical (unpaired) electrons. The van der Waals surface area contributed by atoms with E-state index in [4.69, 9.17) is 0 Å². The van der Waals surface area contributed by atoms with E-state index < -0.39 is 5.41 Å². The van der Waals surface area contributed by atoms with Crippen LogP contribution in [0.15, 0.2) is 18.2 Å². The number of hydrogen-bond donors (Lipinski definition) is 1. The Morgan fingerprint density at radius 2 is 2.06 bits per heavy atom. The minimum Gasteiger partial charge on any atom is -0.325 e. The number of nitrogens with one attached hydrogen (secondary N) is 1. The Hall–Kier alpha value is -1.64. The maximum Gasteiger partial charge on any atom is 0.234 e. The molecule has 0 aliphatic carbocycles. The molecule has 0 aromatic heterocycles. The SMILES string of the molecule is CC1(C)C(=O)Nc2ccc(CCCCC=O)cc21. The summed E-state index contributed by atoms with van der Waals surface area (Å²) in [5.41, 5.74) is 2.82. The van der Waals surface area contributed by atoms with Crippen LogP contribution in [-0.4, -0.2) is 12.2 Å². The zero-order chi connectivity index (χ0) is 13.2. The van der Waals surface area contributed by atoms with Crippen molar-refractivity contribution < 1.29 is 9.59 Å². The Labute approximate surface area is 108 Å². The molecule has 18 heavy (non-hydrogen) atoms. The van der Waals surface area contributed by atoms with E-state index in [1.165, 1.54) is 5.56 Å². The number of carbonyl (C=O) groups excluding carboxylic acids is 2. The lowest BCUT2D eigenvalue weighted by Crippen LogP contribution is -2.26. The van der Waals surface area contributed by atoms with Crippen LogP contribution in [0.1, 0.15) is 44.2 Å². The van der Waals surface area contributed by atoms with Crippen molar-refractivity contribution in [2.45, 2.75) is 44.9 Å². The number of aryl methyl sites for hydroxylation is 1. The van der Waals surface area contributed by atoms with Gasteiger partial charge in [-0.05, 0) is 50.3 Å². The lowest BCUT2D eigenvalue weighted by Gasteiger charge is -2.15. The molecule has 0 saturated carbocycles. The lowest BCUT2D eigenvalue weighted by atomic mass is 9.85. The summed E-state index contributed by atoms with van der Waals surface area (Å²) in [6.45, 7) is 3.90. The number of benzene rings is 1. The topological polar surface area (TPSA) is 46.2 Å². The maximum atomic E-state index is 11.8. The van der Waals surface area contributed by atoms with Gasteiger partial charge in [-0.3, -0.25) is 4.79 Å². The minimum absolute atomic E-state index is 0.0654. The van der Waals surface area contributed by atoms with Crippen molar-refractivity contribution in [2.75, 3.05) is 5.32 Å². The van der Waals surface area contributed by atoms with Gasteiger partial charge in [-0.2, -0.15) is 0 Å². The van der Waals surface area contributed by atoms with E-state index in [1.54, 1.807) is 0 Å². The first-order valence-electron chi connectivity index (χ1n) is 6.44. The number of rotatable bonds is 5. The number of anilines is 1. The molecule has 1 aromatic carbocycles. The normalized spacial score (nSPS) is 16.2. The molecule has 1 aromatic rings. The molecule has 1 amide bonds. The van der Waals surface area contributed by atoms with Crippen LogP contribution in [0.4, 0.5) is 5.69 Å². The highest BCUT2D eigenvalue weighted by molar-refractivity contribution is 6.05. The molecular weight excluding hydrogens is 226 g/mol. The molecule has 1 aliphatic rings. The van der Waals surface area contributed by atoms with Crippen LogP contribution >= 0.6 is 0 Å². The third-order valence-electron chi connectivity index (χ3n) is 3.61. The van der Waals surface area contributed by atoms with Gasteiger partial charge in [0.15, 0.2) is 0 Å². The maximum absolute atomic E-state index is 11.8. The molecular formula is C15H19NO2. The number of amides is 1. The van der Waals surface area contributed by atoms with Crippen LogP contribution in [0.2, 0.25) is 0 Å². The Morgan fingerprint density at radius 3 is 2.78 bits per heavy atom. The zero-order valence-corrected chi connectivity index (χ0v) is 11.0. The number of unbranched alkanes of at least 4 members (excludes halogenated alkanes) is 2. The van der Waals surface area contributed by atoms with E-state index in [-0.39, 0.29) is 5.91 Å². The Bertz CT molecular complexity index is 477. The second kappa shape index (κ2) is 4.92. The van der Waals surface area contributed by atoms with Crippen LogP contribution in [0.3, 0.4) is 0 Å². The quantitative estimate of drug-likeness (QED) is 0.640. The van der Waals surface area contributed by atoms with Gasteiger partial charge in [0.05, 0.1) is 5.41 Å². The van der Waals surface area contributed by atoms with Gasteiger partial charge in [0.25, 0.3) is 0 Å². The Balaban J connectivity index is 2.11. The average Bonchev–Trinajstić information content (AvgIpc) is 2.57. The molecule has 0 unspecified atom stereocenters. The molecule has 2 rings (SSSR count). The summed E-state index contributed by atoms with van der Waals surface area (Å²) in [6.07, 6.45) is 4.51. The zero-order valence-electron chi connectivity index (χ0n) is 11.0. The van der Waals surface area contributed by atoms with E-state index in [9.17, 15) is 9.59 Å². The highest BCUT2D eigenvalue weighted by atomic mass is 16.2. The number of carbonyl (C=O) groups is 2. The van der Waals surface area contributed by atoms with Crippen molar-refractivity contribution in [3.05, 3.63) is 29.3 Å². The van der Waals surface area contributed by atoms with E-state index in [2.05, 4.69) is 17.4 Å². The van der Waals surface area contributed by atoms with Crippen LogP contribution in [0, 0.1) is 0 Å². The third kappa shape index (κ3) is 2.30. The summed E-state index contributed by atoms with van der Waals surface area (Å²) in [4.78, 5) is 22.1. The third-order valence-corrected chi connectivity index (χ3v) is 3.61. The van der Waals surface area contributed by atoms with Gasteiger partial charge in [0.1, 0.15) is 6.29 Å². The van der Waals surface area contributed by atoms with Crippen molar-refractivity contribution in [3.8, 4) is 0 Å². The van der Waals surface area contributed by atoms with Gasteiger partial charge in [0.2, 0.25) is 5.91 Å². The standard InChI is InChI=1S/C15H19NO2/c1-15(2)12-10-11(6-4-3-5-9-17)7-8-13(12)16-14(15)18/h7-10H,3-6H2,1-2H3,(H,16,18). The van der Waals surface area contributed by atoms with E-state index in [0.717, 1.165) is 36.8 Å². The molecule has 3 heteroatoms. The molecule has 96 valence electrons. The van der Waals surface area contributed by atoms with Crippen LogP contribution in [0.25, 0.3) is 0 Å².